The van der Waals surface area contributed by atoms with Gasteiger partial charge in [-0.15, -0.1) is 0 Å². The zero-order valence-corrected chi connectivity index (χ0v) is 12.8. The van der Waals surface area contributed by atoms with Gasteiger partial charge in [0.2, 0.25) is 0 Å². The summed E-state index contributed by atoms with van der Waals surface area (Å²) in [5.74, 6) is -0.355. The van der Waals surface area contributed by atoms with E-state index in [9.17, 15) is 9.18 Å². The summed E-state index contributed by atoms with van der Waals surface area (Å²) in [7, 11) is 0. The molecule has 0 aliphatic carbocycles. The van der Waals surface area contributed by atoms with Crippen molar-refractivity contribution in [2.75, 3.05) is 16.0 Å². The second-order valence-electron chi connectivity index (χ2n) is 5.20. The van der Waals surface area contributed by atoms with E-state index in [4.69, 9.17) is 5.73 Å². The lowest BCUT2D eigenvalue weighted by atomic mass is 10.2. The second kappa shape index (κ2) is 6.83. The van der Waals surface area contributed by atoms with Gasteiger partial charge in [0.05, 0.1) is 11.4 Å². The summed E-state index contributed by atoms with van der Waals surface area (Å²) in [6.45, 7) is 0. The lowest BCUT2D eigenvalue weighted by Gasteiger charge is -2.23. The Hall–Kier alpha value is -3.34. The van der Waals surface area contributed by atoms with Gasteiger partial charge in [0.15, 0.2) is 0 Å². The molecule has 120 valence electrons. The first-order chi connectivity index (χ1) is 11.6. The Bertz CT molecular complexity index is 817. The normalized spacial score (nSPS) is 10.2. The molecule has 0 heterocycles. The van der Waals surface area contributed by atoms with E-state index in [0.29, 0.717) is 22.7 Å². The molecule has 0 saturated heterocycles. The predicted molar refractivity (Wildman–Crippen MR) is 94.9 cm³/mol. The fraction of sp³-hybridized carbons (Fsp3) is 0. The SMILES string of the molecule is Nc1ccc(N(C(=O)Nc2ccc(F)cc2)c2ccccc2)cc1. The van der Waals surface area contributed by atoms with Gasteiger partial charge in [-0.05, 0) is 60.7 Å². The molecule has 2 amide bonds. The lowest BCUT2D eigenvalue weighted by Crippen LogP contribution is -2.30. The van der Waals surface area contributed by atoms with E-state index in [-0.39, 0.29) is 11.8 Å². The molecular formula is C19H16FN3O. The van der Waals surface area contributed by atoms with Crippen LogP contribution in [0.25, 0.3) is 0 Å². The van der Waals surface area contributed by atoms with Crippen LogP contribution in [0.15, 0.2) is 78.9 Å². The third-order valence-electron chi connectivity index (χ3n) is 3.46. The fourth-order valence-corrected chi connectivity index (χ4v) is 2.30. The van der Waals surface area contributed by atoms with Crippen molar-refractivity contribution < 1.29 is 9.18 Å². The van der Waals surface area contributed by atoms with Crippen LogP contribution in [-0.2, 0) is 0 Å². The van der Waals surface area contributed by atoms with Crippen LogP contribution in [0, 0.1) is 5.82 Å². The molecule has 3 N–H and O–H groups in total. The Morgan fingerprint density at radius 1 is 0.833 bits per heavy atom. The van der Waals surface area contributed by atoms with E-state index in [2.05, 4.69) is 5.32 Å². The van der Waals surface area contributed by atoms with Gasteiger partial charge in [-0.1, -0.05) is 18.2 Å². The van der Waals surface area contributed by atoms with Gasteiger partial charge < -0.3 is 11.1 Å². The maximum absolute atomic E-state index is 13.0. The molecule has 0 unspecified atom stereocenters. The second-order valence-corrected chi connectivity index (χ2v) is 5.20. The Kier molecular flexibility index (Phi) is 4.43. The first-order valence-electron chi connectivity index (χ1n) is 7.41. The van der Waals surface area contributed by atoms with Crippen LogP contribution in [-0.4, -0.2) is 6.03 Å². The Labute approximate surface area is 139 Å². The number of hydrogen-bond donors (Lipinski definition) is 2. The summed E-state index contributed by atoms with van der Waals surface area (Å²) in [6.07, 6.45) is 0. The minimum Gasteiger partial charge on any atom is -0.399 e. The van der Waals surface area contributed by atoms with Gasteiger partial charge in [-0.3, -0.25) is 4.90 Å². The molecule has 3 aromatic rings. The van der Waals surface area contributed by atoms with E-state index >= 15 is 0 Å². The molecule has 0 atom stereocenters. The number of nitrogen functional groups attached to an aromatic ring is 1. The van der Waals surface area contributed by atoms with Crippen molar-refractivity contribution in [3.05, 3.63) is 84.7 Å². The molecule has 0 aliphatic heterocycles. The predicted octanol–water partition coefficient (Wildman–Crippen LogP) is 4.78. The number of nitrogens with two attached hydrogens (primary N) is 1. The van der Waals surface area contributed by atoms with Crippen LogP contribution in [0.5, 0.6) is 0 Å². The molecule has 0 spiro atoms. The zero-order chi connectivity index (χ0) is 16.9. The summed E-state index contributed by atoms with van der Waals surface area (Å²) in [5.41, 5.74) is 8.24. The van der Waals surface area contributed by atoms with Crippen LogP contribution in [0.4, 0.5) is 31.9 Å². The number of urea groups is 1. The minimum absolute atomic E-state index is 0.349. The molecule has 0 aromatic heterocycles. The number of carbonyl (C=O) groups is 1. The quantitative estimate of drug-likeness (QED) is 0.682. The maximum atomic E-state index is 13.0. The number of nitrogens with zero attached hydrogens (tertiary/aromatic N) is 1. The number of para-hydroxylation sites is 1. The van der Waals surface area contributed by atoms with Crippen LogP contribution < -0.4 is 16.0 Å². The number of halogens is 1. The van der Waals surface area contributed by atoms with Crippen LogP contribution in [0.1, 0.15) is 0 Å². The third kappa shape index (κ3) is 3.52. The first-order valence-corrected chi connectivity index (χ1v) is 7.41. The average molecular weight is 321 g/mol. The van der Waals surface area contributed by atoms with Gasteiger partial charge in [0, 0.05) is 11.4 Å². The Morgan fingerprint density at radius 2 is 1.42 bits per heavy atom. The smallest absolute Gasteiger partial charge is 0.330 e. The maximum Gasteiger partial charge on any atom is 0.330 e. The number of anilines is 4. The Morgan fingerprint density at radius 3 is 2.04 bits per heavy atom. The fourth-order valence-electron chi connectivity index (χ4n) is 2.30. The van der Waals surface area contributed by atoms with Gasteiger partial charge in [-0.2, -0.15) is 0 Å². The lowest BCUT2D eigenvalue weighted by molar-refractivity contribution is 0.259. The number of rotatable bonds is 3. The highest BCUT2D eigenvalue weighted by atomic mass is 19.1. The third-order valence-corrected chi connectivity index (χ3v) is 3.46. The van der Waals surface area contributed by atoms with Crippen molar-refractivity contribution in [1.29, 1.82) is 0 Å². The van der Waals surface area contributed by atoms with Crippen molar-refractivity contribution >= 4 is 28.8 Å². The molecule has 3 aromatic carbocycles. The molecule has 0 radical (unpaired) electrons. The van der Waals surface area contributed by atoms with Crippen LogP contribution in [0.2, 0.25) is 0 Å². The highest BCUT2D eigenvalue weighted by molar-refractivity contribution is 6.07. The molecule has 0 bridgehead atoms. The molecule has 0 aliphatic rings. The van der Waals surface area contributed by atoms with E-state index < -0.39 is 0 Å². The summed E-state index contributed by atoms with van der Waals surface area (Å²) in [4.78, 5) is 14.3. The molecular weight excluding hydrogens is 305 g/mol. The Balaban J connectivity index is 1.93. The summed E-state index contributed by atoms with van der Waals surface area (Å²) in [5, 5.41) is 2.77. The molecule has 24 heavy (non-hydrogen) atoms. The summed E-state index contributed by atoms with van der Waals surface area (Å²) < 4.78 is 13.0. The molecule has 5 heteroatoms. The standard InChI is InChI=1S/C19H16FN3O/c20-14-6-10-16(11-7-14)22-19(24)23(17-4-2-1-3-5-17)18-12-8-15(21)9-13-18/h1-13H,21H2,(H,22,24). The number of carbonyl (C=O) groups excluding carboxylic acids is 1. The number of hydrogen-bond acceptors (Lipinski definition) is 2. The van der Waals surface area contributed by atoms with Crippen molar-refractivity contribution in [1.82, 2.24) is 0 Å². The van der Waals surface area contributed by atoms with Crippen molar-refractivity contribution in [3.63, 3.8) is 0 Å². The number of nitrogens with one attached hydrogen (secondary N) is 1. The molecule has 0 saturated carbocycles. The van der Waals surface area contributed by atoms with E-state index in [0.717, 1.165) is 0 Å². The van der Waals surface area contributed by atoms with Gasteiger partial charge in [0.1, 0.15) is 5.82 Å². The molecule has 0 fully saturated rings. The highest BCUT2D eigenvalue weighted by Gasteiger charge is 2.18. The summed E-state index contributed by atoms with van der Waals surface area (Å²) in [6, 6.07) is 21.5. The largest absolute Gasteiger partial charge is 0.399 e. The average Bonchev–Trinajstić information content (AvgIpc) is 2.60. The first kappa shape index (κ1) is 15.6. The van der Waals surface area contributed by atoms with Crippen molar-refractivity contribution in [2.24, 2.45) is 0 Å². The van der Waals surface area contributed by atoms with E-state index in [1.54, 1.807) is 24.3 Å². The van der Waals surface area contributed by atoms with Crippen LogP contribution >= 0.6 is 0 Å². The van der Waals surface area contributed by atoms with Crippen molar-refractivity contribution in [3.8, 4) is 0 Å². The number of benzene rings is 3. The highest BCUT2D eigenvalue weighted by Crippen LogP contribution is 2.27. The van der Waals surface area contributed by atoms with E-state index in [1.165, 1.54) is 29.2 Å². The number of amides is 2. The minimum atomic E-state index is -0.355. The van der Waals surface area contributed by atoms with Gasteiger partial charge in [-0.25, -0.2) is 9.18 Å². The van der Waals surface area contributed by atoms with Gasteiger partial charge in [0.25, 0.3) is 0 Å². The molecule has 4 nitrogen and oxygen atoms in total. The molecule has 3 rings (SSSR count). The van der Waals surface area contributed by atoms with E-state index in [1.807, 2.05) is 30.3 Å². The zero-order valence-electron chi connectivity index (χ0n) is 12.8. The van der Waals surface area contributed by atoms with Gasteiger partial charge >= 0.3 is 6.03 Å². The topological polar surface area (TPSA) is 58.4 Å². The van der Waals surface area contributed by atoms with Crippen molar-refractivity contribution in [2.45, 2.75) is 0 Å². The summed E-state index contributed by atoms with van der Waals surface area (Å²) >= 11 is 0. The van der Waals surface area contributed by atoms with Crippen LogP contribution in [0.3, 0.4) is 0 Å². The monoisotopic (exact) mass is 321 g/mol.